The van der Waals surface area contributed by atoms with Gasteiger partial charge >= 0.3 is 0 Å². The van der Waals surface area contributed by atoms with Crippen LogP contribution in [-0.2, 0) is 0 Å². The molecule has 1 aliphatic rings. The number of nitrogens with one attached hydrogen (secondary N) is 1. The Hall–Kier alpha value is -2.36. The number of allylic oxidation sites excluding steroid dienone is 5. The average molecular weight is 385 g/mol. The van der Waals surface area contributed by atoms with Crippen molar-refractivity contribution in [2.75, 3.05) is 13.6 Å². The van der Waals surface area contributed by atoms with Crippen LogP contribution in [0.15, 0.2) is 59.6 Å². The fraction of sp³-hybridized carbons (Fsp3) is 0.458. The summed E-state index contributed by atoms with van der Waals surface area (Å²) in [6, 6.07) is 4.47. The zero-order chi connectivity index (χ0) is 20.4. The van der Waals surface area contributed by atoms with Crippen molar-refractivity contribution >= 4 is 5.84 Å². The van der Waals surface area contributed by atoms with Crippen LogP contribution in [0, 0.1) is 11.2 Å². The molecule has 0 spiro atoms. The van der Waals surface area contributed by atoms with Gasteiger partial charge in [-0.25, -0.2) is 4.39 Å². The van der Waals surface area contributed by atoms with Crippen LogP contribution in [0.25, 0.3) is 0 Å². The minimum Gasteiger partial charge on any atom is -0.504 e. The van der Waals surface area contributed by atoms with E-state index in [-0.39, 0.29) is 11.2 Å². The van der Waals surface area contributed by atoms with Gasteiger partial charge in [-0.15, -0.1) is 0 Å². The number of halogens is 1. The molecule has 0 heterocycles. The molecule has 0 bridgehead atoms. The Labute approximate surface area is 168 Å². The van der Waals surface area contributed by atoms with Crippen molar-refractivity contribution in [3.63, 3.8) is 0 Å². The van der Waals surface area contributed by atoms with E-state index in [0.29, 0.717) is 11.4 Å². The van der Waals surface area contributed by atoms with Gasteiger partial charge in [-0.1, -0.05) is 55.9 Å². The number of aliphatic imine (C=N–C) groups is 1. The maximum atomic E-state index is 13.5. The topological polar surface area (TPSA) is 44.6 Å². The van der Waals surface area contributed by atoms with Gasteiger partial charge in [0.25, 0.3) is 0 Å². The van der Waals surface area contributed by atoms with Crippen molar-refractivity contribution in [1.82, 2.24) is 5.32 Å². The molecular weight excluding hydrogens is 351 g/mol. The molecule has 0 amide bonds. The van der Waals surface area contributed by atoms with Gasteiger partial charge in [-0.3, -0.25) is 4.99 Å². The van der Waals surface area contributed by atoms with Crippen LogP contribution < -0.4 is 5.32 Å². The Kier molecular flexibility index (Phi) is 8.49. The van der Waals surface area contributed by atoms with Crippen molar-refractivity contribution in [2.24, 2.45) is 10.4 Å². The van der Waals surface area contributed by atoms with Crippen molar-refractivity contribution in [1.29, 1.82) is 0 Å². The van der Waals surface area contributed by atoms with Gasteiger partial charge < -0.3 is 10.4 Å². The third-order valence-electron chi connectivity index (χ3n) is 5.34. The quantitative estimate of drug-likeness (QED) is 0.228. The molecule has 2 rings (SSSR count). The SMILES string of the molecule is C=C(CCCCCNC(=NC)c1cccc(F)c1O)CCC1(C)C=CC=CC1. The number of hydrogen-bond acceptors (Lipinski definition) is 2. The van der Waals surface area contributed by atoms with Crippen LogP contribution in [0.5, 0.6) is 5.75 Å². The highest BCUT2D eigenvalue weighted by Gasteiger charge is 2.20. The van der Waals surface area contributed by atoms with Crippen molar-refractivity contribution in [3.8, 4) is 5.75 Å². The number of phenolic OH excluding ortho intramolecular Hbond substituents is 1. The first kappa shape index (κ1) is 21.9. The highest BCUT2D eigenvalue weighted by molar-refractivity contribution is 6.01. The largest absolute Gasteiger partial charge is 0.504 e. The number of phenols is 1. The lowest BCUT2D eigenvalue weighted by molar-refractivity contribution is 0.390. The van der Waals surface area contributed by atoms with Crippen LogP contribution >= 0.6 is 0 Å². The van der Waals surface area contributed by atoms with Gasteiger partial charge in [-0.2, -0.15) is 0 Å². The maximum Gasteiger partial charge on any atom is 0.165 e. The minimum absolute atomic E-state index is 0.278. The number of para-hydroxylation sites is 1. The molecule has 152 valence electrons. The van der Waals surface area contributed by atoms with E-state index in [1.54, 1.807) is 19.2 Å². The van der Waals surface area contributed by atoms with Gasteiger partial charge in [0, 0.05) is 13.6 Å². The number of benzene rings is 1. The van der Waals surface area contributed by atoms with E-state index in [9.17, 15) is 9.50 Å². The van der Waals surface area contributed by atoms with Gasteiger partial charge in [0.05, 0.1) is 5.56 Å². The normalized spacial score (nSPS) is 19.0. The van der Waals surface area contributed by atoms with Gasteiger partial charge in [0.2, 0.25) is 0 Å². The Morgan fingerprint density at radius 1 is 1.25 bits per heavy atom. The third-order valence-corrected chi connectivity index (χ3v) is 5.34. The molecular formula is C24H33FN2O. The van der Waals surface area contributed by atoms with E-state index < -0.39 is 5.82 Å². The Morgan fingerprint density at radius 3 is 2.79 bits per heavy atom. The van der Waals surface area contributed by atoms with E-state index in [0.717, 1.165) is 51.5 Å². The van der Waals surface area contributed by atoms with Crippen LogP contribution in [0.4, 0.5) is 4.39 Å². The lowest BCUT2D eigenvalue weighted by Crippen LogP contribution is -2.25. The zero-order valence-corrected chi connectivity index (χ0v) is 17.2. The smallest absolute Gasteiger partial charge is 0.165 e. The van der Waals surface area contributed by atoms with Crippen LogP contribution in [0.1, 0.15) is 57.4 Å². The van der Waals surface area contributed by atoms with E-state index in [4.69, 9.17) is 0 Å². The standard InChI is InChI=1S/C24H33FN2O/c1-19(14-17-24(2)15-7-5-8-16-24)11-6-4-9-18-27-23(26-3)20-12-10-13-21(25)22(20)28/h5,7-8,10,12-13,15,28H,1,4,6,9,11,14,16-18H2,2-3H3,(H,26,27). The average Bonchev–Trinajstić information content (AvgIpc) is 2.69. The molecule has 1 aromatic rings. The molecule has 1 aliphatic carbocycles. The summed E-state index contributed by atoms with van der Waals surface area (Å²) >= 11 is 0. The molecule has 1 aromatic carbocycles. The highest BCUT2D eigenvalue weighted by atomic mass is 19.1. The Morgan fingerprint density at radius 2 is 2.07 bits per heavy atom. The van der Waals surface area contributed by atoms with Crippen LogP contribution in [-0.4, -0.2) is 24.5 Å². The predicted octanol–water partition coefficient (Wildman–Crippen LogP) is 5.92. The lowest BCUT2D eigenvalue weighted by atomic mass is 9.78. The molecule has 0 saturated carbocycles. The first-order chi connectivity index (χ1) is 13.4. The number of aromatic hydroxyl groups is 1. The second-order valence-corrected chi connectivity index (χ2v) is 7.84. The summed E-state index contributed by atoms with van der Waals surface area (Å²) in [6.07, 6.45) is 16.5. The van der Waals surface area contributed by atoms with E-state index in [2.05, 4.69) is 48.1 Å². The molecule has 3 nitrogen and oxygen atoms in total. The van der Waals surface area contributed by atoms with Gasteiger partial charge in [0.15, 0.2) is 11.6 Å². The minimum atomic E-state index is -0.632. The van der Waals surface area contributed by atoms with Crippen molar-refractivity contribution in [3.05, 3.63) is 66.0 Å². The van der Waals surface area contributed by atoms with Crippen LogP contribution in [0.2, 0.25) is 0 Å². The monoisotopic (exact) mass is 384 g/mol. The van der Waals surface area contributed by atoms with E-state index in [1.165, 1.54) is 11.6 Å². The second-order valence-electron chi connectivity index (χ2n) is 7.84. The molecule has 0 aromatic heterocycles. The molecule has 2 N–H and O–H groups in total. The number of hydrogen-bond donors (Lipinski definition) is 2. The molecule has 28 heavy (non-hydrogen) atoms. The fourth-order valence-electron chi connectivity index (χ4n) is 3.43. The summed E-state index contributed by atoms with van der Waals surface area (Å²) in [5.74, 6) is -0.472. The molecule has 1 unspecified atom stereocenters. The third kappa shape index (κ3) is 6.66. The zero-order valence-electron chi connectivity index (χ0n) is 17.2. The molecule has 0 radical (unpaired) electrons. The molecule has 1 atom stereocenters. The summed E-state index contributed by atoms with van der Waals surface area (Å²) < 4.78 is 13.5. The number of unbranched alkanes of at least 4 members (excludes halogenated alkanes) is 2. The van der Waals surface area contributed by atoms with Crippen LogP contribution in [0.3, 0.4) is 0 Å². The number of amidine groups is 1. The molecule has 0 fully saturated rings. The predicted molar refractivity (Wildman–Crippen MR) is 116 cm³/mol. The fourth-order valence-corrected chi connectivity index (χ4v) is 3.43. The maximum absolute atomic E-state index is 13.5. The summed E-state index contributed by atoms with van der Waals surface area (Å²) in [5, 5.41) is 13.1. The summed E-state index contributed by atoms with van der Waals surface area (Å²) in [6.45, 7) is 7.30. The van der Waals surface area contributed by atoms with E-state index in [1.807, 2.05) is 0 Å². The Bertz CT molecular complexity index is 751. The molecule has 0 aliphatic heterocycles. The second kappa shape index (κ2) is 10.8. The number of rotatable bonds is 10. The Balaban J connectivity index is 1.62. The summed E-state index contributed by atoms with van der Waals surface area (Å²) in [4.78, 5) is 4.14. The first-order valence-electron chi connectivity index (χ1n) is 10.1. The van der Waals surface area contributed by atoms with Crippen molar-refractivity contribution in [2.45, 2.75) is 51.9 Å². The van der Waals surface area contributed by atoms with E-state index >= 15 is 0 Å². The van der Waals surface area contributed by atoms with Gasteiger partial charge in [0.1, 0.15) is 5.84 Å². The molecule has 4 heteroatoms. The lowest BCUT2D eigenvalue weighted by Gasteiger charge is -2.26. The van der Waals surface area contributed by atoms with Gasteiger partial charge in [-0.05, 0) is 56.1 Å². The molecule has 0 saturated heterocycles. The summed E-state index contributed by atoms with van der Waals surface area (Å²) in [5.41, 5.74) is 2.01. The van der Waals surface area contributed by atoms with Crippen molar-refractivity contribution < 1.29 is 9.50 Å². The number of nitrogens with zero attached hydrogens (tertiary/aromatic N) is 1. The highest BCUT2D eigenvalue weighted by Crippen LogP contribution is 2.34. The first-order valence-corrected chi connectivity index (χ1v) is 10.1. The summed E-state index contributed by atoms with van der Waals surface area (Å²) in [7, 11) is 1.63.